The lowest BCUT2D eigenvalue weighted by Gasteiger charge is -2.15. The minimum Gasteiger partial charge on any atom is -0.387 e. The number of aliphatic hydroxyl groups excluding tert-OH is 1. The first-order valence-electron chi connectivity index (χ1n) is 4.62. The molecular formula is C11H14F2O. The molecule has 1 aromatic carbocycles. The predicted octanol–water partition coefficient (Wildman–Crippen LogP) is 2.81. The molecule has 1 N–H and O–H groups in total. The highest BCUT2D eigenvalue weighted by molar-refractivity contribution is 5.18. The second kappa shape index (κ2) is 5.05. The molecule has 0 heterocycles. The van der Waals surface area contributed by atoms with Crippen molar-refractivity contribution in [2.75, 3.05) is 0 Å². The molecule has 3 heteroatoms. The van der Waals surface area contributed by atoms with Crippen LogP contribution in [0.5, 0.6) is 0 Å². The van der Waals surface area contributed by atoms with Crippen LogP contribution < -0.4 is 0 Å². The van der Waals surface area contributed by atoms with Gasteiger partial charge in [-0.15, -0.1) is 0 Å². The normalized spacial score (nSPS) is 15.5. The Morgan fingerprint density at radius 2 is 1.79 bits per heavy atom. The molecule has 0 aromatic heterocycles. The van der Waals surface area contributed by atoms with E-state index in [1.54, 1.807) is 0 Å². The van der Waals surface area contributed by atoms with Crippen molar-refractivity contribution in [3.8, 4) is 0 Å². The maximum Gasteiger partial charge on any atom is 0.264 e. The van der Waals surface area contributed by atoms with Crippen molar-refractivity contribution in [3.05, 3.63) is 35.9 Å². The van der Waals surface area contributed by atoms with E-state index in [1.807, 2.05) is 37.3 Å². The maximum absolute atomic E-state index is 12.1. The van der Waals surface area contributed by atoms with E-state index < -0.39 is 12.5 Å². The minimum atomic E-state index is -2.65. The van der Waals surface area contributed by atoms with Gasteiger partial charge in [0.2, 0.25) is 0 Å². The zero-order valence-corrected chi connectivity index (χ0v) is 8.03. The van der Waals surface area contributed by atoms with Gasteiger partial charge in [-0.05, 0) is 17.9 Å². The van der Waals surface area contributed by atoms with Crippen molar-refractivity contribution in [1.29, 1.82) is 0 Å². The highest BCUT2D eigenvalue weighted by Crippen LogP contribution is 2.22. The van der Waals surface area contributed by atoms with E-state index in [0.29, 0.717) is 0 Å². The predicted molar refractivity (Wildman–Crippen MR) is 51.5 cm³/mol. The van der Waals surface area contributed by atoms with E-state index in [1.165, 1.54) is 0 Å². The molecule has 0 fully saturated rings. The third-order valence-corrected chi connectivity index (χ3v) is 2.25. The Labute approximate surface area is 82.4 Å². The molecule has 78 valence electrons. The van der Waals surface area contributed by atoms with E-state index >= 15 is 0 Å². The van der Waals surface area contributed by atoms with Gasteiger partial charge < -0.3 is 5.11 Å². The molecule has 0 saturated heterocycles. The summed E-state index contributed by atoms with van der Waals surface area (Å²) in [5.41, 5.74) is 0.979. The average Bonchev–Trinajstić information content (AvgIpc) is 2.19. The summed E-state index contributed by atoms with van der Waals surface area (Å²) in [5, 5.41) is 9.01. The molecule has 14 heavy (non-hydrogen) atoms. The Morgan fingerprint density at radius 3 is 2.29 bits per heavy atom. The molecule has 2 atom stereocenters. The highest BCUT2D eigenvalue weighted by atomic mass is 19.3. The summed E-state index contributed by atoms with van der Waals surface area (Å²) < 4.78 is 24.1. The quantitative estimate of drug-likeness (QED) is 0.792. The van der Waals surface area contributed by atoms with Gasteiger partial charge in [-0.1, -0.05) is 37.3 Å². The standard InChI is InChI=1S/C11H14F2O/c1-8(7-10(14)11(12)13)9-5-3-2-4-6-9/h2-6,8,10-11,14H,7H2,1H3. The number of halogens is 2. The Hall–Kier alpha value is -0.960. The summed E-state index contributed by atoms with van der Waals surface area (Å²) in [6.07, 6.45) is -4.08. The number of hydrogen-bond donors (Lipinski definition) is 1. The first-order valence-corrected chi connectivity index (χ1v) is 4.62. The molecule has 0 saturated carbocycles. The molecule has 0 aliphatic rings. The van der Waals surface area contributed by atoms with Gasteiger partial charge in [0.05, 0.1) is 0 Å². The smallest absolute Gasteiger partial charge is 0.264 e. The lowest BCUT2D eigenvalue weighted by molar-refractivity contribution is -0.0118. The van der Waals surface area contributed by atoms with Crippen LogP contribution in [0.2, 0.25) is 0 Å². The monoisotopic (exact) mass is 200 g/mol. The second-order valence-corrected chi connectivity index (χ2v) is 3.45. The number of aliphatic hydroxyl groups is 1. The number of hydrogen-bond acceptors (Lipinski definition) is 1. The molecule has 0 amide bonds. The van der Waals surface area contributed by atoms with Gasteiger partial charge >= 0.3 is 0 Å². The van der Waals surface area contributed by atoms with Gasteiger partial charge in [0.15, 0.2) is 0 Å². The highest BCUT2D eigenvalue weighted by Gasteiger charge is 2.20. The summed E-state index contributed by atoms with van der Waals surface area (Å²) in [5.74, 6) is -0.0415. The van der Waals surface area contributed by atoms with E-state index in [0.717, 1.165) is 5.56 Å². The summed E-state index contributed by atoms with van der Waals surface area (Å²) in [7, 11) is 0. The maximum atomic E-state index is 12.1. The van der Waals surface area contributed by atoms with Crippen molar-refractivity contribution < 1.29 is 13.9 Å². The summed E-state index contributed by atoms with van der Waals surface area (Å²) in [4.78, 5) is 0. The largest absolute Gasteiger partial charge is 0.387 e. The fourth-order valence-electron chi connectivity index (χ4n) is 1.38. The van der Waals surface area contributed by atoms with Gasteiger partial charge in [0, 0.05) is 0 Å². The first kappa shape index (κ1) is 11.1. The SMILES string of the molecule is CC(CC(O)C(F)F)c1ccccc1. The number of rotatable bonds is 4. The minimum absolute atomic E-state index is 0.0415. The van der Waals surface area contributed by atoms with Crippen LogP contribution in [0, 0.1) is 0 Å². The van der Waals surface area contributed by atoms with E-state index in [9.17, 15) is 8.78 Å². The van der Waals surface area contributed by atoms with Crippen LogP contribution >= 0.6 is 0 Å². The second-order valence-electron chi connectivity index (χ2n) is 3.45. The fraction of sp³-hybridized carbons (Fsp3) is 0.455. The van der Waals surface area contributed by atoms with Crippen LogP contribution in [0.1, 0.15) is 24.8 Å². The topological polar surface area (TPSA) is 20.2 Å². The lowest BCUT2D eigenvalue weighted by atomic mass is 9.95. The lowest BCUT2D eigenvalue weighted by Crippen LogP contribution is -2.19. The van der Waals surface area contributed by atoms with Gasteiger partial charge in [-0.25, -0.2) is 8.78 Å². The molecule has 0 radical (unpaired) electrons. The van der Waals surface area contributed by atoms with Crippen molar-refractivity contribution in [1.82, 2.24) is 0 Å². The summed E-state index contributed by atoms with van der Waals surface area (Å²) in [6, 6.07) is 9.35. The van der Waals surface area contributed by atoms with Gasteiger partial charge in [-0.2, -0.15) is 0 Å². The molecule has 1 rings (SSSR count). The Kier molecular flexibility index (Phi) is 4.01. The molecular weight excluding hydrogens is 186 g/mol. The number of alkyl halides is 2. The summed E-state index contributed by atoms with van der Waals surface area (Å²) >= 11 is 0. The fourth-order valence-corrected chi connectivity index (χ4v) is 1.38. The van der Waals surface area contributed by atoms with Crippen LogP contribution in [0.15, 0.2) is 30.3 Å². The van der Waals surface area contributed by atoms with Crippen LogP contribution in [0.4, 0.5) is 8.78 Å². The van der Waals surface area contributed by atoms with Gasteiger partial charge in [0.25, 0.3) is 6.43 Å². The molecule has 0 aliphatic heterocycles. The van der Waals surface area contributed by atoms with Crippen LogP contribution in [-0.4, -0.2) is 17.6 Å². The first-order chi connectivity index (χ1) is 6.61. The third-order valence-electron chi connectivity index (χ3n) is 2.25. The number of benzene rings is 1. The van der Waals surface area contributed by atoms with Crippen molar-refractivity contribution in [2.45, 2.75) is 31.8 Å². The zero-order valence-electron chi connectivity index (χ0n) is 8.03. The van der Waals surface area contributed by atoms with Gasteiger partial charge in [-0.3, -0.25) is 0 Å². The molecule has 0 aliphatic carbocycles. The molecule has 2 unspecified atom stereocenters. The van der Waals surface area contributed by atoms with Crippen LogP contribution in [0.25, 0.3) is 0 Å². The van der Waals surface area contributed by atoms with E-state index in [2.05, 4.69) is 0 Å². The third kappa shape index (κ3) is 3.07. The van der Waals surface area contributed by atoms with Crippen molar-refractivity contribution >= 4 is 0 Å². The Bertz CT molecular complexity index is 261. The molecule has 0 spiro atoms. The van der Waals surface area contributed by atoms with Crippen molar-refractivity contribution in [2.24, 2.45) is 0 Å². The van der Waals surface area contributed by atoms with Crippen molar-refractivity contribution in [3.63, 3.8) is 0 Å². The van der Waals surface area contributed by atoms with Crippen LogP contribution in [-0.2, 0) is 0 Å². The zero-order chi connectivity index (χ0) is 10.6. The summed E-state index contributed by atoms with van der Waals surface area (Å²) in [6.45, 7) is 1.83. The Balaban J connectivity index is 2.55. The average molecular weight is 200 g/mol. The van der Waals surface area contributed by atoms with Gasteiger partial charge in [0.1, 0.15) is 6.10 Å². The molecule has 1 nitrogen and oxygen atoms in total. The molecule has 1 aromatic rings. The van der Waals surface area contributed by atoms with E-state index in [-0.39, 0.29) is 12.3 Å². The van der Waals surface area contributed by atoms with Crippen LogP contribution in [0.3, 0.4) is 0 Å². The molecule has 0 bridgehead atoms. The Morgan fingerprint density at radius 1 is 1.21 bits per heavy atom. The van der Waals surface area contributed by atoms with E-state index in [4.69, 9.17) is 5.11 Å².